The molecule has 1 aromatic carbocycles. The smallest absolute Gasteiger partial charge is 0.265 e. The molecule has 1 aliphatic rings. The van der Waals surface area contributed by atoms with E-state index in [1.165, 1.54) is 18.9 Å². The number of nitrogens with one attached hydrogen (secondary N) is 1. The van der Waals surface area contributed by atoms with Crippen molar-refractivity contribution in [2.75, 3.05) is 11.1 Å². The molecular formula is C13H18F2N2. The van der Waals surface area contributed by atoms with Crippen LogP contribution in [-0.2, 0) is 0 Å². The fourth-order valence-corrected chi connectivity index (χ4v) is 2.07. The fraction of sp³-hybridized carbons (Fsp3) is 0.538. The maximum absolute atomic E-state index is 12.8. The number of hydrogen-bond acceptors (Lipinski definition) is 2. The van der Waals surface area contributed by atoms with E-state index in [0.29, 0.717) is 11.4 Å². The van der Waals surface area contributed by atoms with Gasteiger partial charge in [-0.1, -0.05) is 12.8 Å². The van der Waals surface area contributed by atoms with Crippen LogP contribution in [0.15, 0.2) is 18.2 Å². The minimum atomic E-state index is -2.49. The van der Waals surface area contributed by atoms with Crippen molar-refractivity contribution in [3.63, 3.8) is 0 Å². The molecule has 0 radical (unpaired) electrons. The van der Waals surface area contributed by atoms with Gasteiger partial charge in [-0.3, -0.25) is 0 Å². The summed E-state index contributed by atoms with van der Waals surface area (Å²) in [6.07, 6.45) is 1.10. The van der Waals surface area contributed by atoms with Crippen LogP contribution in [0, 0.1) is 5.92 Å². The number of nitrogens with two attached hydrogens (primary N) is 1. The molecule has 0 amide bonds. The van der Waals surface area contributed by atoms with Gasteiger partial charge in [-0.15, -0.1) is 0 Å². The molecule has 1 aliphatic carbocycles. The molecule has 0 saturated heterocycles. The summed E-state index contributed by atoms with van der Waals surface area (Å²) in [4.78, 5) is 0. The van der Waals surface area contributed by atoms with E-state index in [1.54, 1.807) is 12.1 Å². The van der Waals surface area contributed by atoms with Crippen molar-refractivity contribution < 1.29 is 8.78 Å². The Morgan fingerprint density at radius 3 is 2.71 bits per heavy atom. The summed E-state index contributed by atoms with van der Waals surface area (Å²) < 4.78 is 25.7. The zero-order valence-corrected chi connectivity index (χ0v) is 9.92. The van der Waals surface area contributed by atoms with Gasteiger partial charge in [-0.25, -0.2) is 8.78 Å². The van der Waals surface area contributed by atoms with Crippen LogP contribution in [-0.4, -0.2) is 6.04 Å². The highest BCUT2D eigenvalue weighted by molar-refractivity contribution is 5.59. The van der Waals surface area contributed by atoms with Gasteiger partial charge in [0.2, 0.25) is 0 Å². The van der Waals surface area contributed by atoms with Crippen LogP contribution in [0.3, 0.4) is 0 Å². The number of nitrogen functional groups attached to an aromatic ring is 1. The minimum absolute atomic E-state index is 0.00681. The zero-order chi connectivity index (χ0) is 12.4. The van der Waals surface area contributed by atoms with Crippen LogP contribution < -0.4 is 11.1 Å². The van der Waals surface area contributed by atoms with Gasteiger partial charge in [0, 0.05) is 23.0 Å². The van der Waals surface area contributed by atoms with E-state index in [4.69, 9.17) is 5.73 Å². The predicted molar refractivity (Wildman–Crippen MR) is 66.2 cm³/mol. The quantitative estimate of drug-likeness (QED) is 0.768. The Morgan fingerprint density at radius 1 is 1.41 bits per heavy atom. The molecule has 1 atom stereocenters. The molecule has 0 bridgehead atoms. The number of alkyl halides is 2. The molecular weight excluding hydrogens is 222 g/mol. The molecule has 2 rings (SSSR count). The summed E-state index contributed by atoms with van der Waals surface area (Å²) in [7, 11) is 0. The Labute approximate surface area is 100 Å². The summed E-state index contributed by atoms with van der Waals surface area (Å²) >= 11 is 0. The Morgan fingerprint density at radius 2 is 2.12 bits per heavy atom. The number of anilines is 2. The fourth-order valence-electron chi connectivity index (χ4n) is 2.07. The molecule has 3 N–H and O–H groups in total. The van der Waals surface area contributed by atoms with E-state index < -0.39 is 6.43 Å². The van der Waals surface area contributed by atoms with E-state index in [0.717, 1.165) is 12.3 Å². The van der Waals surface area contributed by atoms with Crippen LogP contribution in [0.5, 0.6) is 0 Å². The Balaban J connectivity index is 2.07. The average Bonchev–Trinajstić information content (AvgIpc) is 3.04. The molecule has 1 fully saturated rings. The summed E-state index contributed by atoms with van der Waals surface area (Å²) in [5.74, 6) is 0.779. The van der Waals surface area contributed by atoms with Gasteiger partial charge in [0.1, 0.15) is 0 Å². The van der Waals surface area contributed by atoms with E-state index >= 15 is 0 Å². The zero-order valence-electron chi connectivity index (χ0n) is 9.92. The molecule has 1 aromatic rings. The van der Waals surface area contributed by atoms with E-state index in [1.807, 2.05) is 6.92 Å². The molecule has 0 spiro atoms. The lowest BCUT2D eigenvalue weighted by atomic mass is 10.1. The summed E-state index contributed by atoms with van der Waals surface area (Å²) in [5.41, 5.74) is 6.40. The van der Waals surface area contributed by atoms with Crippen molar-refractivity contribution in [2.24, 2.45) is 5.92 Å². The number of rotatable bonds is 5. The van der Waals surface area contributed by atoms with E-state index in [2.05, 4.69) is 5.32 Å². The first-order valence-electron chi connectivity index (χ1n) is 6.00. The first kappa shape index (κ1) is 12.1. The molecule has 17 heavy (non-hydrogen) atoms. The number of halogens is 2. The molecule has 0 heterocycles. The summed E-state index contributed by atoms with van der Waals surface area (Å²) in [6, 6.07) is 4.86. The van der Waals surface area contributed by atoms with Crippen molar-refractivity contribution in [2.45, 2.75) is 38.7 Å². The van der Waals surface area contributed by atoms with Crippen molar-refractivity contribution in [3.05, 3.63) is 23.8 Å². The van der Waals surface area contributed by atoms with Crippen LogP contribution in [0.2, 0.25) is 0 Å². The van der Waals surface area contributed by atoms with Gasteiger partial charge in [0.05, 0.1) is 0 Å². The lowest BCUT2D eigenvalue weighted by Gasteiger charge is -2.18. The topological polar surface area (TPSA) is 38.0 Å². The normalized spacial score (nSPS) is 17.2. The highest BCUT2D eigenvalue weighted by atomic mass is 19.3. The van der Waals surface area contributed by atoms with Gasteiger partial charge in [0.15, 0.2) is 0 Å². The third-order valence-electron chi connectivity index (χ3n) is 3.10. The van der Waals surface area contributed by atoms with Crippen molar-refractivity contribution in [1.82, 2.24) is 0 Å². The second kappa shape index (κ2) is 4.90. The van der Waals surface area contributed by atoms with Crippen LogP contribution >= 0.6 is 0 Å². The third kappa shape index (κ3) is 3.32. The Hall–Kier alpha value is -1.32. The van der Waals surface area contributed by atoms with Gasteiger partial charge in [-0.2, -0.15) is 0 Å². The van der Waals surface area contributed by atoms with Crippen molar-refractivity contribution in [1.29, 1.82) is 0 Å². The molecule has 94 valence electrons. The van der Waals surface area contributed by atoms with E-state index in [9.17, 15) is 8.78 Å². The molecule has 4 heteroatoms. The Bertz CT molecular complexity index is 389. The SMILES string of the molecule is CC(CC1CC1)Nc1ccc(N)cc1C(F)F. The van der Waals surface area contributed by atoms with Gasteiger partial charge in [0.25, 0.3) is 6.43 Å². The minimum Gasteiger partial charge on any atom is -0.399 e. The summed E-state index contributed by atoms with van der Waals surface area (Å²) in [6.45, 7) is 2.03. The second-order valence-corrected chi connectivity index (χ2v) is 4.87. The molecule has 2 nitrogen and oxygen atoms in total. The first-order valence-corrected chi connectivity index (χ1v) is 6.00. The summed E-state index contributed by atoms with van der Waals surface area (Å²) in [5, 5.41) is 3.15. The molecule has 1 saturated carbocycles. The van der Waals surface area contributed by atoms with Crippen LogP contribution in [0.25, 0.3) is 0 Å². The first-order chi connectivity index (χ1) is 8.06. The van der Waals surface area contributed by atoms with Crippen molar-refractivity contribution >= 4 is 11.4 Å². The molecule has 0 aromatic heterocycles. The monoisotopic (exact) mass is 240 g/mol. The standard InChI is InChI=1S/C13H18F2N2/c1-8(6-9-2-3-9)17-12-5-4-10(16)7-11(12)13(14)15/h4-5,7-9,13,17H,2-3,6,16H2,1H3. The number of hydrogen-bond donors (Lipinski definition) is 2. The lowest BCUT2D eigenvalue weighted by Crippen LogP contribution is -2.17. The highest BCUT2D eigenvalue weighted by Gasteiger charge is 2.24. The largest absolute Gasteiger partial charge is 0.399 e. The third-order valence-corrected chi connectivity index (χ3v) is 3.10. The van der Waals surface area contributed by atoms with Gasteiger partial charge in [-0.05, 0) is 37.5 Å². The highest BCUT2D eigenvalue weighted by Crippen LogP contribution is 2.35. The van der Waals surface area contributed by atoms with Gasteiger partial charge < -0.3 is 11.1 Å². The Kier molecular flexibility index (Phi) is 3.50. The van der Waals surface area contributed by atoms with Crippen LogP contribution in [0.4, 0.5) is 20.2 Å². The van der Waals surface area contributed by atoms with Gasteiger partial charge >= 0.3 is 0 Å². The molecule has 1 unspecified atom stereocenters. The lowest BCUT2D eigenvalue weighted by molar-refractivity contribution is 0.152. The maximum Gasteiger partial charge on any atom is 0.265 e. The second-order valence-electron chi connectivity index (χ2n) is 4.87. The predicted octanol–water partition coefficient (Wildman–Crippen LogP) is 3.81. The number of benzene rings is 1. The van der Waals surface area contributed by atoms with Crippen molar-refractivity contribution in [3.8, 4) is 0 Å². The van der Waals surface area contributed by atoms with Crippen LogP contribution in [0.1, 0.15) is 38.2 Å². The van der Waals surface area contributed by atoms with E-state index in [-0.39, 0.29) is 11.6 Å². The molecule has 0 aliphatic heterocycles. The maximum atomic E-state index is 12.8. The average molecular weight is 240 g/mol.